The molecule has 2 rings (SSSR count). The zero-order valence-electron chi connectivity index (χ0n) is 9.45. The molecule has 1 N–H and O–H groups in total. The molecule has 0 atom stereocenters. The van der Waals surface area contributed by atoms with Crippen molar-refractivity contribution < 1.29 is 0 Å². The van der Waals surface area contributed by atoms with Crippen LogP contribution in [0.25, 0.3) is 0 Å². The van der Waals surface area contributed by atoms with Crippen LogP contribution in [-0.4, -0.2) is 27.9 Å². The van der Waals surface area contributed by atoms with Crippen LogP contribution in [0.1, 0.15) is 44.5 Å². The Kier molecular flexibility index (Phi) is 3.72. The van der Waals surface area contributed by atoms with Gasteiger partial charge in [0.15, 0.2) is 0 Å². The maximum atomic E-state index is 4.21. The molecule has 0 saturated heterocycles. The van der Waals surface area contributed by atoms with Gasteiger partial charge in [-0.1, -0.05) is 19.8 Å². The highest BCUT2D eigenvalue weighted by Crippen LogP contribution is 2.29. The van der Waals surface area contributed by atoms with E-state index in [4.69, 9.17) is 0 Å². The molecule has 1 fully saturated rings. The molecule has 1 aromatic rings. The highest BCUT2D eigenvalue weighted by molar-refractivity contribution is 4.91. The van der Waals surface area contributed by atoms with E-state index in [9.17, 15) is 0 Å². The molecule has 1 aromatic heterocycles. The third-order valence-corrected chi connectivity index (χ3v) is 3.14. The second-order valence-corrected chi connectivity index (χ2v) is 4.20. The van der Waals surface area contributed by atoms with Crippen LogP contribution in [0.4, 0.5) is 0 Å². The number of hydrogen-bond acceptors (Lipinski definition) is 3. The van der Waals surface area contributed by atoms with Crippen LogP contribution >= 0.6 is 0 Å². The lowest BCUT2D eigenvalue weighted by atomic mass is 10.2. The molecule has 0 unspecified atom stereocenters. The lowest BCUT2D eigenvalue weighted by molar-refractivity contribution is 0.492. The Morgan fingerprint density at radius 3 is 3.00 bits per heavy atom. The van der Waals surface area contributed by atoms with Gasteiger partial charge in [0.05, 0.1) is 0 Å². The number of hydrogen-bond donors (Lipinski definition) is 1. The van der Waals surface area contributed by atoms with Gasteiger partial charge >= 0.3 is 0 Å². The van der Waals surface area contributed by atoms with E-state index in [1.165, 1.54) is 25.7 Å². The summed E-state index contributed by atoms with van der Waals surface area (Å²) >= 11 is 0. The van der Waals surface area contributed by atoms with Gasteiger partial charge in [0, 0.05) is 19.0 Å². The van der Waals surface area contributed by atoms with Crippen LogP contribution < -0.4 is 5.32 Å². The largest absolute Gasteiger partial charge is 0.317 e. The van der Waals surface area contributed by atoms with Gasteiger partial charge < -0.3 is 9.88 Å². The zero-order chi connectivity index (χ0) is 10.5. The van der Waals surface area contributed by atoms with E-state index in [0.29, 0.717) is 6.04 Å². The van der Waals surface area contributed by atoms with Crippen LogP contribution in [-0.2, 0) is 6.42 Å². The van der Waals surface area contributed by atoms with E-state index in [0.717, 1.165) is 25.3 Å². The first-order chi connectivity index (χ1) is 7.42. The lowest BCUT2D eigenvalue weighted by Gasteiger charge is -2.13. The van der Waals surface area contributed by atoms with Crippen LogP contribution in [0.2, 0.25) is 0 Å². The summed E-state index contributed by atoms with van der Waals surface area (Å²) in [5.41, 5.74) is 0. The van der Waals surface area contributed by atoms with Gasteiger partial charge in [0.2, 0.25) is 0 Å². The average molecular weight is 208 g/mol. The summed E-state index contributed by atoms with van der Waals surface area (Å²) in [6.07, 6.45) is 8.20. The first-order valence-electron chi connectivity index (χ1n) is 6.01. The molecule has 15 heavy (non-hydrogen) atoms. The zero-order valence-corrected chi connectivity index (χ0v) is 9.45. The number of nitrogens with one attached hydrogen (secondary N) is 1. The second-order valence-electron chi connectivity index (χ2n) is 4.20. The van der Waals surface area contributed by atoms with E-state index in [1.807, 2.05) is 6.33 Å². The standard InChI is InChI=1S/C11H20N4/c1-2-12-8-7-11-14-13-9-15(11)10-5-3-4-6-10/h9-10,12H,2-8H2,1H3. The molecular weight excluding hydrogens is 188 g/mol. The topological polar surface area (TPSA) is 42.7 Å². The summed E-state index contributed by atoms with van der Waals surface area (Å²) in [5.74, 6) is 1.14. The molecular formula is C11H20N4. The molecule has 1 aliphatic rings. The lowest BCUT2D eigenvalue weighted by Crippen LogP contribution is -2.19. The highest BCUT2D eigenvalue weighted by atomic mass is 15.3. The van der Waals surface area contributed by atoms with Crippen molar-refractivity contribution in [2.24, 2.45) is 0 Å². The normalized spacial score (nSPS) is 17.4. The molecule has 0 spiro atoms. The first kappa shape index (κ1) is 10.6. The summed E-state index contributed by atoms with van der Waals surface area (Å²) in [6.45, 7) is 4.15. The van der Waals surface area contributed by atoms with Crippen molar-refractivity contribution in [1.82, 2.24) is 20.1 Å². The van der Waals surface area contributed by atoms with Crippen molar-refractivity contribution in [3.63, 3.8) is 0 Å². The Morgan fingerprint density at radius 2 is 2.27 bits per heavy atom. The minimum Gasteiger partial charge on any atom is -0.317 e. The van der Waals surface area contributed by atoms with Crippen molar-refractivity contribution in [2.75, 3.05) is 13.1 Å². The average Bonchev–Trinajstić information content (AvgIpc) is 2.87. The maximum absolute atomic E-state index is 4.21. The van der Waals surface area contributed by atoms with E-state index in [-0.39, 0.29) is 0 Å². The Labute approximate surface area is 91.1 Å². The van der Waals surface area contributed by atoms with Crippen LogP contribution in [0, 0.1) is 0 Å². The molecule has 0 aromatic carbocycles. The summed E-state index contributed by atoms with van der Waals surface area (Å²) < 4.78 is 2.28. The summed E-state index contributed by atoms with van der Waals surface area (Å²) in [4.78, 5) is 0. The predicted molar refractivity (Wildman–Crippen MR) is 59.8 cm³/mol. The SMILES string of the molecule is CCNCCc1nncn1C1CCCC1. The van der Waals surface area contributed by atoms with E-state index in [2.05, 4.69) is 27.0 Å². The summed E-state index contributed by atoms with van der Waals surface area (Å²) in [7, 11) is 0. The van der Waals surface area contributed by atoms with Crippen molar-refractivity contribution >= 4 is 0 Å². The van der Waals surface area contributed by atoms with Gasteiger partial charge in [-0.15, -0.1) is 10.2 Å². The van der Waals surface area contributed by atoms with Gasteiger partial charge in [0.25, 0.3) is 0 Å². The minimum atomic E-state index is 0.664. The number of rotatable bonds is 5. The van der Waals surface area contributed by atoms with E-state index >= 15 is 0 Å². The molecule has 4 nitrogen and oxygen atoms in total. The Bertz CT molecular complexity index is 289. The minimum absolute atomic E-state index is 0.664. The summed E-state index contributed by atoms with van der Waals surface area (Å²) in [6, 6.07) is 0.664. The smallest absolute Gasteiger partial charge is 0.134 e. The summed E-state index contributed by atoms with van der Waals surface area (Å²) in [5, 5.41) is 11.6. The van der Waals surface area contributed by atoms with Crippen molar-refractivity contribution in [1.29, 1.82) is 0 Å². The van der Waals surface area contributed by atoms with E-state index in [1.54, 1.807) is 0 Å². The van der Waals surface area contributed by atoms with Crippen molar-refractivity contribution in [3.05, 3.63) is 12.2 Å². The Morgan fingerprint density at radius 1 is 1.47 bits per heavy atom. The molecule has 1 aliphatic carbocycles. The molecule has 4 heteroatoms. The van der Waals surface area contributed by atoms with Crippen molar-refractivity contribution in [3.8, 4) is 0 Å². The Balaban J connectivity index is 1.95. The van der Waals surface area contributed by atoms with Crippen LogP contribution in [0.3, 0.4) is 0 Å². The van der Waals surface area contributed by atoms with Gasteiger partial charge in [-0.05, 0) is 19.4 Å². The quantitative estimate of drug-likeness (QED) is 0.746. The molecule has 1 heterocycles. The highest BCUT2D eigenvalue weighted by Gasteiger charge is 2.19. The van der Waals surface area contributed by atoms with Gasteiger partial charge in [-0.2, -0.15) is 0 Å². The third kappa shape index (κ3) is 2.56. The first-order valence-corrected chi connectivity index (χ1v) is 6.01. The fourth-order valence-corrected chi connectivity index (χ4v) is 2.31. The van der Waals surface area contributed by atoms with E-state index < -0.39 is 0 Å². The number of aromatic nitrogens is 3. The molecule has 0 aliphatic heterocycles. The van der Waals surface area contributed by atoms with Gasteiger partial charge in [-0.3, -0.25) is 0 Å². The fraction of sp³-hybridized carbons (Fsp3) is 0.818. The molecule has 84 valence electrons. The van der Waals surface area contributed by atoms with Crippen molar-refractivity contribution in [2.45, 2.75) is 45.1 Å². The fourth-order valence-electron chi connectivity index (χ4n) is 2.31. The number of nitrogens with zero attached hydrogens (tertiary/aromatic N) is 3. The van der Waals surface area contributed by atoms with Gasteiger partial charge in [0.1, 0.15) is 12.2 Å². The van der Waals surface area contributed by atoms with Crippen LogP contribution in [0.5, 0.6) is 0 Å². The Hall–Kier alpha value is -0.900. The monoisotopic (exact) mass is 208 g/mol. The molecule has 0 radical (unpaired) electrons. The molecule has 1 saturated carbocycles. The molecule has 0 bridgehead atoms. The van der Waals surface area contributed by atoms with Crippen LogP contribution in [0.15, 0.2) is 6.33 Å². The maximum Gasteiger partial charge on any atom is 0.134 e. The van der Waals surface area contributed by atoms with Gasteiger partial charge in [-0.25, -0.2) is 0 Å². The number of likely N-dealkylation sites (N-methyl/N-ethyl adjacent to an activating group) is 1. The molecule has 0 amide bonds. The predicted octanol–water partition coefficient (Wildman–Crippen LogP) is 1.55. The second kappa shape index (κ2) is 5.26. The third-order valence-electron chi connectivity index (χ3n) is 3.14.